The molecule has 182 valence electrons. The Balaban J connectivity index is 2.04. The fourth-order valence-electron chi connectivity index (χ4n) is 3.58. The minimum absolute atomic E-state index is 0.0704. The van der Waals surface area contributed by atoms with Crippen molar-refractivity contribution >= 4 is 17.2 Å². The van der Waals surface area contributed by atoms with Crippen LogP contribution in [0.2, 0.25) is 0 Å². The van der Waals surface area contributed by atoms with E-state index in [4.69, 9.17) is 0 Å². The van der Waals surface area contributed by atoms with Gasteiger partial charge in [0.15, 0.2) is 0 Å². The first-order valence-electron chi connectivity index (χ1n) is 11.2. The number of aliphatic hydroxyl groups excluding tert-OH is 1. The van der Waals surface area contributed by atoms with E-state index in [9.17, 15) is 23.1 Å². The van der Waals surface area contributed by atoms with Gasteiger partial charge in [-0.3, -0.25) is 9.69 Å². The average molecular weight is 485 g/mol. The van der Waals surface area contributed by atoms with Gasteiger partial charge in [-0.2, -0.15) is 23.3 Å². The fraction of sp³-hybridized carbons (Fsp3) is 0.609. The second-order valence-corrected chi connectivity index (χ2v) is 10.4. The van der Waals surface area contributed by atoms with Crippen LogP contribution in [-0.4, -0.2) is 44.9 Å². The summed E-state index contributed by atoms with van der Waals surface area (Å²) in [4.78, 5) is 19.7. The summed E-state index contributed by atoms with van der Waals surface area (Å²) in [5.74, 6) is -0.717. The molecule has 3 rings (SSSR count). The fourth-order valence-corrected chi connectivity index (χ4v) is 4.57. The normalized spacial score (nSPS) is 18.3. The number of hydrogen-bond acceptors (Lipinski definition) is 5. The summed E-state index contributed by atoms with van der Waals surface area (Å²) in [7, 11) is 0. The molecule has 1 N–H and O–H groups in total. The third-order valence-electron chi connectivity index (χ3n) is 5.49. The number of nitrogens with zero attached hydrogens (tertiary/aromatic N) is 4. The van der Waals surface area contributed by atoms with Crippen LogP contribution >= 0.6 is 11.3 Å². The molecule has 1 saturated heterocycles. The highest BCUT2D eigenvalue weighted by Crippen LogP contribution is 2.31. The Labute approximate surface area is 195 Å². The predicted octanol–water partition coefficient (Wildman–Crippen LogP) is 4.37. The van der Waals surface area contributed by atoms with Crippen LogP contribution in [0, 0.1) is 0 Å². The number of β-amino-alcohol motifs (C(OH)–C–C–N with tert-alkyl or cyclic N) is 1. The van der Waals surface area contributed by atoms with E-state index in [1.54, 1.807) is 4.68 Å². The number of alkyl halides is 3. The maximum Gasteiger partial charge on any atom is 0.416 e. The molecule has 0 radical (unpaired) electrons. The summed E-state index contributed by atoms with van der Waals surface area (Å²) in [5.41, 5.74) is -0.733. The first-order valence-corrected chi connectivity index (χ1v) is 12.0. The van der Waals surface area contributed by atoms with Crippen LogP contribution < -0.4 is 4.80 Å². The van der Waals surface area contributed by atoms with Crippen molar-refractivity contribution in [3.63, 3.8) is 0 Å². The highest BCUT2D eigenvalue weighted by Gasteiger charge is 2.32. The van der Waals surface area contributed by atoms with Crippen LogP contribution in [0.5, 0.6) is 0 Å². The molecular formula is C23H31F3N4O2S. The maximum absolute atomic E-state index is 13.4. The Morgan fingerprint density at radius 3 is 2.61 bits per heavy atom. The Hall–Kier alpha value is -2.04. The van der Waals surface area contributed by atoms with Gasteiger partial charge in [0.2, 0.25) is 4.80 Å². The molecular weight excluding hydrogens is 453 g/mol. The number of aliphatic hydroxyl groups is 1. The number of likely N-dealkylation sites (tertiary alicyclic amines) is 1. The molecule has 10 heteroatoms. The van der Waals surface area contributed by atoms with Crippen LogP contribution in [-0.2, 0) is 24.7 Å². The van der Waals surface area contributed by atoms with E-state index in [-0.39, 0.29) is 17.5 Å². The summed E-state index contributed by atoms with van der Waals surface area (Å²) >= 11 is 1.29. The predicted molar refractivity (Wildman–Crippen MR) is 121 cm³/mol. The van der Waals surface area contributed by atoms with Crippen LogP contribution in [0.15, 0.2) is 23.2 Å². The van der Waals surface area contributed by atoms with Gasteiger partial charge in [0.05, 0.1) is 11.7 Å². The van der Waals surface area contributed by atoms with Gasteiger partial charge in [0, 0.05) is 37.2 Å². The summed E-state index contributed by atoms with van der Waals surface area (Å²) in [6.45, 7) is 9.98. The van der Waals surface area contributed by atoms with E-state index in [0.29, 0.717) is 36.4 Å². The molecule has 0 spiro atoms. The zero-order chi connectivity index (χ0) is 24.4. The maximum atomic E-state index is 13.4. The van der Waals surface area contributed by atoms with E-state index in [0.717, 1.165) is 30.0 Å². The number of carbonyl (C=O) groups is 1. The molecule has 33 heavy (non-hydrogen) atoms. The molecule has 0 aliphatic carbocycles. The lowest BCUT2D eigenvalue weighted by Crippen LogP contribution is -2.24. The van der Waals surface area contributed by atoms with Crippen molar-refractivity contribution in [3.05, 3.63) is 44.7 Å². The van der Waals surface area contributed by atoms with Crippen molar-refractivity contribution < 1.29 is 23.1 Å². The van der Waals surface area contributed by atoms with Gasteiger partial charge in [-0.15, -0.1) is 0 Å². The molecule has 0 unspecified atom stereocenters. The molecule has 1 atom stereocenters. The van der Waals surface area contributed by atoms with Gasteiger partial charge in [-0.05, 0) is 30.5 Å². The van der Waals surface area contributed by atoms with E-state index < -0.39 is 23.8 Å². The summed E-state index contributed by atoms with van der Waals surface area (Å²) in [6.07, 6.45) is -2.65. The van der Waals surface area contributed by atoms with E-state index in [2.05, 4.69) is 10.1 Å². The highest BCUT2D eigenvalue weighted by atomic mass is 32.1. The third-order valence-corrected chi connectivity index (χ3v) is 6.86. The van der Waals surface area contributed by atoms with E-state index >= 15 is 0 Å². The zero-order valence-corrected chi connectivity index (χ0v) is 20.3. The zero-order valence-electron chi connectivity index (χ0n) is 19.4. The smallest absolute Gasteiger partial charge is 0.392 e. The Kier molecular flexibility index (Phi) is 7.80. The lowest BCUT2D eigenvalue weighted by Gasteiger charge is -2.18. The van der Waals surface area contributed by atoms with Crippen LogP contribution in [0.1, 0.15) is 73.4 Å². The second kappa shape index (κ2) is 10.1. The van der Waals surface area contributed by atoms with Gasteiger partial charge in [0.1, 0.15) is 5.01 Å². The van der Waals surface area contributed by atoms with Crippen molar-refractivity contribution in [2.45, 2.75) is 77.7 Å². The quantitative estimate of drug-likeness (QED) is 0.661. The molecule has 1 fully saturated rings. The van der Waals surface area contributed by atoms with Crippen molar-refractivity contribution in [2.24, 2.45) is 4.99 Å². The molecule has 1 aromatic carbocycles. The average Bonchev–Trinajstić information content (AvgIpc) is 3.31. The van der Waals surface area contributed by atoms with Crippen molar-refractivity contribution in [2.75, 3.05) is 13.1 Å². The molecule has 0 saturated carbocycles. The van der Waals surface area contributed by atoms with Crippen molar-refractivity contribution in [1.29, 1.82) is 0 Å². The standard InChI is InChI=1S/C23H31F3N4O2S/c1-5-6-10-30-21(33-20(28-30)22(2,3)4)27-19(32)18-12-16(23(24,25)26)8-7-15(18)13-29-11-9-17(31)14-29/h7-8,12,17,31H,5-6,9-11,13-14H2,1-4H3/t17-/m1/s1. The Bertz CT molecular complexity index is 1050. The van der Waals surface area contributed by atoms with E-state index in [1.165, 1.54) is 17.4 Å². The van der Waals surface area contributed by atoms with Crippen LogP contribution in [0.4, 0.5) is 13.2 Å². The van der Waals surface area contributed by atoms with Gasteiger partial charge in [0.25, 0.3) is 5.91 Å². The first kappa shape index (κ1) is 25.6. The SMILES string of the molecule is CCCCn1nc(C(C)(C)C)sc1=NC(=O)c1cc(C(F)(F)F)ccc1CN1CC[C@@H](O)C1. The summed E-state index contributed by atoms with van der Waals surface area (Å²) in [5, 5.41) is 15.2. The lowest BCUT2D eigenvalue weighted by atomic mass is 9.98. The molecule has 1 aromatic heterocycles. The molecule has 6 nitrogen and oxygen atoms in total. The molecule has 0 bridgehead atoms. The number of unbranched alkanes of at least 4 members (excludes halogenated alkanes) is 1. The lowest BCUT2D eigenvalue weighted by molar-refractivity contribution is -0.137. The van der Waals surface area contributed by atoms with Crippen molar-refractivity contribution in [3.8, 4) is 0 Å². The number of carbonyl (C=O) groups excluding carboxylic acids is 1. The molecule has 1 aliphatic rings. The summed E-state index contributed by atoms with van der Waals surface area (Å²) in [6, 6.07) is 3.22. The second-order valence-electron chi connectivity index (χ2n) is 9.48. The number of hydrogen-bond donors (Lipinski definition) is 1. The monoisotopic (exact) mass is 484 g/mol. The largest absolute Gasteiger partial charge is 0.416 e. The highest BCUT2D eigenvalue weighted by molar-refractivity contribution is 7.09. The number of halogens is 3. The summed E-state index contributed by atoms with van der Waals surface area (Å²) < 4.78 is 41.8. The third kappa shape index (κ3) is 6.51. The van der Waals surface area contributed by atoms with Gasteiger partial charge < -0.3 is 5.11 Å². The van der Waals surface area contributed by atoms with Crippen LogP contribution in [0.3, 0.4) is 0 Å². The molecule has 1 aliphatic heterocycles. The minimum atomic E-state index is -4.57. The van der Waals surface area contributed by atoms with Gasteiger partial charge >= 0.3 is 6.18 Å². The number of amides is 1. The van der Waals surface area contributed by atoms with Gasteiger partial charge in [-0.25, -0.2) is 4.68 Å². The molecule has 2 heterocycles. The number of aromatic nitrogens is 2. The minimum Gasteiger partial charge on any atom is -0.392 e. The molecule has 1 amide bonds. The van der Waals surface area contributed by atoms with Crippen LogP contribution in [0.25, 0.3) is 0 Å². The Morgan fingerprint density at radius 1 is 1.30 bits per heavy atom. The Morgan fingerprint density at radius 2 is 2.03 bits per heavy atom. The molecule has 2 aromatic rings. The van der Waals surface area contributed by atoms with Gasteiger partial charge in [-0.1, -0.05) is 51.5 Å². The van der Waals surface area contributed by atoms with Crippen molar-refractivity contribution in [1.82, 2.24) is 14.7 Å². The topological polar surface area (TPSA) is 70.7 Å². The first-order chi connectivity index (χ1) is 15.4. The number of aryl methyl sites for hydroxylation is 1. The number of benzene rings is 1. The number of rotatable bonds is 6. The van der Waals surface area contributed by atoms with E-state index in [1.807, 2.05) is 32.6 Å².